The van der Waals surface area contributed by atoms with Crippen molar-refractivity contribution in [2.75, 3.05) is 5.32 Å². The van der Waals surface area contributed by atoms with Gasteiger partial charge in [-0.15, -0.1) is 0 Å². The van der Waals surface area contributed by atoms with E-state index in [2.05, 4.69) is 61.7 Å². The molecule has 6 heteroatoms. The topological polar surface area (TPSA) is 70.9 Å². The number of hydrogen-bond donors (Lipinski definition) is 2. The number of imidazole rings is 1. The Morgan fingerprint density at radius 3 is 2.83 bits per heavy atom. The third-order valence-corrected chi connectivity index (χ3v) is 5.15. The van der Waals surface area contributed by atoms with E-state index in [1.54, 1.807) is 6.20 Å². The molecule has 4 aromatic heterocycles. The fourth-order valence-corrected chi connectivity index (χ4v) is 3.79. The second kappa shape index (κ2) is 6.17. The summed E-state index contributed by atoms with van der Waals surface area (Å²) in [5.41, 5.74) is 5.82. The Kier molecular flexibility index (Phi) is 3.37. The molecule has 0 aliphatic heterocycles. The van der Waals surface area contributed by atoms with Crippen LogP contribution >= 0.6 is 0 Å². The Balaban J connectivity index is 1.48. The van der Waals surface area contributed by atoms with Crippen molar-refractivity contribution in [3.8, 4) is 11.3 Å². The van der Waals surface area contributed by atoms with E-state index in [1.807, 2.05) is 47.4 Å². The van der Waals surface area contributed by atoms with Crippen molar-refractivity contribution in [3.05, 3.63) is 85.6 Å². The van der Waals surface area contributed by atoms with E-state index in [9.17, 15) is 0 Å². The highest BCUT2D eigenvalue weighted by atomic mass is 15.1. The Hall–Kier alpha value is -4.19. The van der Waals surface area contributed by atoms with Crippen LogP contribution in [0.3, 0.4) is 0 Å². The number of para-hydroxylation sites is 1. The second-order valence-electron chi connectivity index (χ2n) is 6.90. The van der Waals surface area contributed by atoms with Crippen molar-refractivity contribution in [3.63, 3.8) is 0 Å². The average molecular weight is 376 g/mol. The fourth-order valence-electron chi connectivity index (χ4n) is 3.79. The third-order valence-electron chi connectivity index (χ3n) is 5.15. The van der Waals surface area contributed by atoms with Crippen LogP contribution in [0.25, 0.3) is 38.7 Å². The van der Waals surface area contributed by atoms with Gasteiger partial charge in [-0.2, -0.15) is 0 Å². The zero-order valence-electron chi connectivity index (χ0n) is 15.4. The van der Waals surface area contributed by atoms with Crippen LogP contribution in [0.4, 0.5) is 11.5 Å². The van der Waals surface area contributed by atoms with Gasteiger partial charge in [-0.25, -0.2) is 9.97 Å². The summed E-state index contributed by atoms with van der Waals surface area (Å²) >= 11 is 0. The van der Waals surface area contributed by atoms with Crippen LogP contribution in [0.1, 0.15) is 0 Å². The number of benzene rings is 2. The SMILES string of the molecule is c1cnc2c(-c3cnc4c(Nc5ccc6[nH]ccc6c5)nccn34)cccc2c1. The lowest BCUT2D eigenvalue weighted by atomic mass is 10.1. The summed E-state index contributed by atoms with van der Waals surface area (Å²) in [5.74, 6) is 0.710. The number of fused-ring (bicyclic) bond motifs is 3. The number of nitrogens with zero attached hydrogens (tertiary/aromatic N) is 4. The molecule has 0 bridgehead atoms. The van der Waals surface area contributed by atoms with E-state index >= 15 is 0 Å². The molecule has 2 N–H and O–H groups in total. The van der Waals surface area contributed by atoms with Gasteiger partial charge in [0.1, 0.15) is 0 Å². The molecule has 6 nitrogen and oxygen atoms in total. The van der Waals surface area contributed by atoms with Crippen LogP contribution in [0, 0.1) is 0 Å². The van der Waals surface area contributed by atoms with Crippen molar-refractivity contribution in [2.24, 2.45) is 0 Å². The summed E-state index contributed by atoms with van der Waals surface area (Å²) in [4.78, 5) is 17.0. The second-order valence-corrected chi connectivity index (χ2v) is 6.90. The maximum Gasteiger partial charge on any atom is 0.180 e. The van der Waals surface area contributed by atoms with Gasteiger partial charge in [-0.1, -0.05) is 24.3 Å². The number of nitrogens with one attached hydrogen (secondary N) is 2. The maximum absolute atomic E-state index is 4.65. The van der Waals surface area contributed by atoms with Gasteiger partial charge in [0, 0.05) is 52.3 Å². The van der Waals surface area contributed by atoms with Crippen molar-refractivity contribution in [1.29, 1.82) is 0 Å². The summed E-state index contributed by atoms with van der Waals surface area (Å²) in [6, 6.07) is 18.4. The summed E-state index contributed by atoms with van der Waals surface area (Å²) in [5, 5.41) is 5.66. The third kappa shape index (κ3) is 2.54. The number of H-pyrrole nitrogens is 1. The molecule has 0 radical (unpaired) electrons. The molecule has 0 amide bonds. The van der Waals surface area contributed by atoms with Gasteiger partial charge in [0.2, 0.25) is 0 Å². The van der Waals surface area contributed by atoms with Crippen LogP contribution in [0.2, 0.25) is 0 Å². The summed E-state index contributed by atoms with van der Waals surface area (Å²) in [6.45, 7) is 0. The molecule has 29 heavy (non-hydrogen) atoms. The first kappa shape index (κ1) is 15.8. The normalized spacial score (nSPS) is 11.4. The average Bonchev–Trinajstić information content (AvgIpc) is 3.40. The number of anilines is 2. The molecule has 0 fully saturated rings. The van der Waals surface area contributed by atoms with Crippen molar-refractivity contribution in [2.45, 2.75) is 0 Å². The molecular formula is C23H16N6. The van der Waals surface area contributed by atoms with Gasteiger partial charge in [0.05, 0.1) is 17.4 Å². The largest absolute Gasteiger partial charge is 0.361 e. The lowest BCUT2D eigenvalue weighted by Crippen LogP contribution is -1.98. The molecule has 0 saturated carbocycles. The molecule has 6 rings (SSSR count). The summed E-state index contributed by atoms with van der Waals surface area (Å²) in [7, 11) is 0. The van der Waals surface area contributed by atoms with Crippen LogP contribution < -0.4 is 5.32 Å². The molecular weight excluding hydrogens is 360 g/mol. The van der Waals surface area contributed by atoms with Crippen LogP contribution in [0.15, 0.2) is 85.6 Å². The Bertz CT molecular complexity index is 1490. The Morgan fingerprint density at radius 1 is 0.862 bits per heavy atom. The van der Waals surface area contributed by atoms with Gasteiger partial charge in [-0.3, -0.25) is 9.38 Å². The molecule has 0 unspecified atom stereocenters. The monoisotopic (exact) mass is 376 g/mol. The van der Waals surface area contributed by atoms with Gasteiger partial charge in [-0.05, 0) is 30.3 Å². The highest BCUT2D eigenvalue weighted by Gasteiger charge is 2.13. The van der Waals surface area contributed by atoms with Gasteiger partial charge in [0.15, 0.2) is 11.5 Å². The minimum atomic E-state index is 0.710. The number of pyridine rings is 1. The first-order valence-corrected chi connectivity index (χ1v) is 9.37. The van der Waals surface area contributed by atoms with E-state index in [0.29, 0.717) is 5.82 Å². The Morgan fingerprint density at radius 2 is 1.83 bits per heavy atom. The number of hydrogen-bond acceptors (Lipinski definition) is 4. The van der Waals surface area contributed by atoms with Gasteiger partial charge in [0.25, 0.3) is 0 Å². The zero-order chi connectivity index (χ0) is 19.2. The number of aromatic amines is 1. The van der Waals surface area contributed by atoms with Crippen LogP contribution in [0.5, 0.6) is 0 Å². The standard InChI is InChI=1S/C23H16N6/c1-3-15-4-2-9-25-21(15)18(5-1)20-14-27-23-22(26-11-12-29(20)23)28-17-6-7-19-16(13-17)8-10-24-19/h1-14,24H,(H,26,28). The molecule has 0 aliphatic rings. The number of rotatable bonds is 3. The molecule has 0 spiro atoms. The maximum atomic E-state index is 4.65. The molecule has 4 heterocycles. The lowest BCUT2D eigenvalue weighted by Gasteiger charge is -2.09. The van der Waals surface area contributed by atoms with E-state index < -0.39 is 0 Å². The zero-order valence-corrected chi connectivity index (χ0v) is 15.4. The molecule has 6 aromatic rings. The van der Waals surface area contributed by atoms with Crippen molar-refractivity contribution < 1.29 is 0 Å². The minimum absolute atomic E-state index is 0.710. The highest BCUT2D eigenvalue weighted by molar-refractivity contribution is 5.93. The minimum Gasteiger partial charge on any atom is -0.361 e. The highest BCUT2D eigenvalue weighted by Crippen LogP contribution is 2.30. The van der Waals surface area contributed by atoms with E-state index in [4.69, 9.17) is 0 Å². The number of aromatic nitrogens is 5. The summed E-state index contributed by atoms with van der Waals surface area (Å²) in [6.07, 6.45) is 9.35. The van der Waals surface area contributed by atoms with Crippen LogP contribution in [-0.2, 0) is 0 Å². The molecule has 0 saturated heterocycles. The van der Waals surface area contributed by atoms with Gasteiger partial charge >= 0.3 is 0 Å². The molecule has 0 aliphatic carbocycles. The van der Waals surface area contributed by atoms with E-state index in [-0.39, 0.29) is 0 Å². The lowest BCUT2D eigenvalue weighted by molar-refractivity contribution is 1.13. The quantitative estimate of drug-likeness (QED) is 0.447. The van der Waals surface area contributed by atoms with E-state index in [0.717, 1.165) is 44.4 Å². The molecule has 2 aromatic carbocycles. The van der Waals surface area contributed by atoms with Crippen LogP contribution in [-0.4, -0.2) is 24.3 Å². The van der Waals surface area contributed by atoms with Crippen molar-refractivity contribution in [1.82, 2.24) is 24.3 Å². The first-order chi connectivity index (χ1) is 14.4. The Labute approximate surface area is 165 Å². The molecule has 138 valence electrons. The summed E-state index contributed by atoms with van der Waals surface area (Å²) < 4.78 is 2.05. The smallest absolute Gasteiger partial charge is 0.180 e. The predicted molar refractivity (Wildman–Crippen MR) is 115 cm³/mol. The van der Waals surface area contributed by atoms with E-state index in [1.165, 1.54) is 0 Å². The van der Waals surface area contributed by atoms with Gasteiger partial charge < -0.3 is 10.3 Å². The molecule has 0 atom stereocenters. The first-order valence-electron chi connectivity index (χ1n) is 9.37. The predicted octanol–water partition coefficient (Wildman–Crippen LogP) is 5.17. The van der Waals surface area contributed by atoms with Crippen molar-refractivity contribution >= 4 is 39.0 Å². The fraction of sp³-hybridized carbons (Fsp3) is 0.